The number of nitrogens with zero attached hydrogens (tertiary/aromatic N) is 1. The van der Waals surface area contributed by atoms with Crippen molar-refractivity contribution >= 4 is 11.6 Å². The molecule has 122 valence electrons. The molecular formula is C17H17F3N2O. The van der Waals surface area contributed by atoms with Crippen LogP contribution in [-0.4, -0.2) is 24.9 Å². The Morgan fingerprint density at radius 2 is 1.70 bits per heavy atom. The number of alkyl halides is 3. The van der Waals surface area contributed by atoms with Crippen molar-refractivity contribution in [2.75, 3.05) is 19.4 Å². The summed E-state index contributed by atoms with van der Waals surface area (Å²) in [4.78, 5) is 14.2. The third kappa shape index (κ3) is 4.32. The van der Waals surface area contributed by atoms with Crippen LogP contribution in [0.15, 0.2) is 54.6 Å². The van der Waals surface area contributed by atoms with Gasteiger partial charge in [-0.1, -0.05) is 36.4 Å². The molecule has 0 radical (unpaired) electrons. The zero-order valence-electron chi connectivity index (χ0n) is 12.8. The van der Waals surface area contributed by atoms with Crippen LogP contribution in [0.1, 0.15) is 17.2 Å². The Kier molecular flexibility index (Phi) is 5.05. The van der Waals surface area contributed by atoms with Crippen LogP contribution in [0.2, 0.25) is 0 Å². The Morgan fingerprint density at radius 1 is 1.04 bits per heavy atom. The Balaban J connectivity index is 2.23. The first-order valence-corrected chi connectivity index (χ1v) is 6.98. The molecule has 2 rings (SSSR count). The van der Waals surface area contributed by atoms with E-state index in [1.165, 1.54) is 12.1 Å². The molecule has 3 nitrogen and oxygen atoms in total. The molecular weight excluding hydrogens is 305 g/mol. The minimum Gasteiger partial charge on any atom is -0.324 e. The summed E-state index contributed by atoms with van der Waals surface area (Å²) in [7, 11) is 3.48. The van der Waals surface area contributed by atoms with Crippen LogP contribution in [0.3, 0.4) is 0 Å². The molecule has 0 aliphatic rings. The molecule has 2 aromatic rings. The number of carbonyl (C=O) groups excluding carboxylic acids is 1. The van der Waals surface area contributed by atoms with E-state index >= 15 is 0 Å². The maximum absolute atomic E-state index is 12.7. The van der Waals surface area contributed by atoms with Gasteiger partial charge in [-0.2, -0.15) is 13.2 Å². The van der Waals surface area contributed by atoms with Crippen molar-refractivity contribution < 1.29 is 18.0 Å². The van der Waals surface area contributed by atoms with E-state index in [1.807, 2.05) is 18.2 Å². The summed E-state index contributed by atoms with van der Waals surface area (Å²) in [5.74, 6) is -0.388. The number of anilines is 1. The first kappa shape index (κ1) is 17.0. The van der Waals surface area contributed by atoms with Crippen LogP contribution < -0.4 is 5.32 Å². The molecule has 0 aliphatic carbocycles. The van der Waals surface area contributed by atoms with E-state index in [-0.39, 0.29) is 11.6 Å². The predicted octanol–water partition coefficient (Wildman–Crippen LogP) is 3.95. The van der Waals surface area contributed by atoms with Gasteiger partial charge in [0.15, 0.2) is 0 Å². The van der Waals surface area contributed by atoms with Gasteiger partial charge in [0.2, 0.25) is 5.91 Å². The highest BCUT2D eigenvalue weighted by Gasteiger charge is 2.31. The fraction of sp³-hybridized carbons (Fsp3) is 0.235. The molecule has 0 heterocycles. The van der Waals surface area contributed by atoms with Crippen molar-refractivity contribution in [3.63, 3.8) is 0 Å². The zero-order chi connectivity index (χ0) is 17.0. The molecule has 1 atom stereocenters. The third-order valence-corrected chi connectivity index (χ3v) is 3.34. The first-order chi connectivity index (χ1) is 10.8. The largest absolute Gasteiger partial charge is 0.416 e. The number of halogens is 3. The summed E-state index contributed by atoms with van der Waals surface area (Å²) in [6, 6.07) is 13.1. The highest BCUT2D eigenvalue weighted by atomic mass is 19.4. The van der Waals surface area contributed by atoms with E-state index in [9.17, 15) is 18.0 Å². The van der Waals surface area contributed by atoms with Crippen molar-refractivity contribution in [3.8, 4) is 0 Å². The quantitative estimate of drug-likeness (QED) is 0.924. The summed E-state index contributed by atoms with van der Waals surface area (Å²) in [6.07, 6.45) is -4.44. The summed E-state index contributed by atoms with van der Waals surface area (Å²) < 4.78 is 38.2. The third-order valence-electron chi connectivity index (χ3n) is 3.34. The second-order valence-corrected chi connectivity index (χ2v) is 5.34. The van der Waals surface area contributed by atoms with E-state index in [4.69, 9.17) is 0 Å². The Bertz CT molecular complexity index is 669. The predicted molar refractivity (Wildman–Crippen MR) is 82.9 cm³/mol. The molecule has 23 heavy (non-hydrogen) atoms. The number of benzene rings is 2. The van der Waals surface area contributed by atoms with Gasteiger partial charge >= 0.3 is 6.18 Å². The molecule has 0 fully saturated rings. The molecule has 0 aromatic heterocycles. The molecule has 0 bridgehead atoms. The number of rotatable bonds is 4. The van der Waals surface area contributed by atoms with Gasteiger partial charge in [0.25, 0.3) is 0 Å². The molecule has 0 saturated heterocycles. The summed E-state index contributed by atoms with van der Waals surface area (Å²) >= 11 is 0. The maximum Gasteiger partial charge on any atom is 0.416 e. The lowest BCUT2D eigenvalue weighted by molar-refractivity contribution is -0.137. The van der Waals surface area contributed by atoms with E-state index in [2.05, 4.69) is 5.32 Å². The molecule has 0 aliphatic heterocycles. The van der Waals surface area contributed by atoms with Gasteiger partial charge < -0.3 is 5.32 Å². The van der Waals surface area contributed by atoms with Gasteiger partial charge in [-0.25, -0.2) is 0 Å². The lowest BCUT2D eigenvalue weighted by Gasteiger charge is -2.24. The molecule has 6 heteroatoms. The van der Waals surface area contributed by atoms with Gasteiger partial charge in [0.05, 0.1) is 5.56 Å². The smallest absolute Gasteiger partial charge is 0.324 e. The van der Waals surface area contributed by atoms with Crippen LogP contribution in [0.25, 0.3) is 0 Å². The zero-order valence-corrected chi connectivity index (χ0v) is 12.8. The van der Waals surface area contributed by atoms with Gasteiger partial charge in [-0.3, -0.25) is 9.69 Å². The topological polar surface area (TPSA) is 32.3 Å². The van der Waals surface area contributed by atoms with Gasteiger partial charge in [-0.15, -0.1) is 0 Å². The summed E-state index contributed by atoms with van der Waals surface area (Å²) in [5.41, 5.74) is 0.0889. The van der Waals surface area contributed by atoms with Crippen molar-refractivity contribution in [2.24, 2.45) is 0 Å². The highest BCUT2D eigenvalue weighted by Crippen LogP contribution is 2.31. The van der Waals surface area contributed by atoms with Crippen LogP contribution >= 0.6 is 0 Å². The average molecular weight is 322 g/mol. The van der Waals surface area contributed by atoms with Crippen molar-refractivity contribution in [2.45, 2.75) is 12.2 Å². The van der Waals surface area contributed by atoms with Gasteiger partial charge in [0.1, 0.15) is 6.04 Å². The monoisotopic (exact) mass is 322 g/mol. The number of hydrogen-bond acceptors (Lipinski definition) is 2. The Hall–Kier alpha value is -2.34. The molecule has 1 unspecified atom stereocenters. The second-order valence-electron chi connectivity index (χ2n) is 5.34. The molecule has 0 saturated carbocycles. The summed E-state index contributed by atoms with van der Waals surface area (Å²) in [6.45, 7) is 0. The lowest BCUT2D eigenvalue weighted by atomic mass is 10.1. The number of amides is 1. The standard InChI is InChI=1S/C17H17F3N2O/c1-22(2)15(12-7-4-3-5-8-12)16(23)21-14-10-6-9-13(11-14)17(18,19)20/h3-11,15H,1-2H3,(H,21,23). The fourth-order valence-electron chi connectivity index (χ4n) is 2.30. The van der Waals surface area contributed by atoms with Crippen LogP contribution in [0, 0.1) is 0 Å². The highest BCUT2D eigenvalue weighted by molar-refractivity contribution is 5.95. The Morgan fingerprint density at radius 3 is 2.26 bits per heavy atom. The second kappa shape index (κ2) is 6.83. The maximum atomic E-state index is 12.7. The normalized spacial score (nSPS) is 13.0. The molecule has 1 amide bonds. The first-order valence-electron chi connectivity index (χ1n) is 6.98. The summed E-state index contributed by atoms with van der Waals surface area (Å²) in [5, 5.41) is 2.55. The van der Waals surface area contributed by atoms with Crippen molar-refractivity contribution in [1.29, 1.82) is 0 Å². The number of likely N-dealkylation sites (N-methyl/N-ethyl adjacent to an activating group) is 1. The molecule has 2 aromatic carbocycles. The van der Waals surface area contributed by atoms with Crippen molar-refractivity contribution in [3.05, 3.63) is 65.7 Å². The number of nitrogens with one attached hydrogen (secondary N) is 1. The average Bonchev–Trinajstić information content (AvgIpc) is 2.47. The molecule has 0 spiro atoms. The van der Waals surface area contributed by atoms with Gasteiger partial charge in [-0.05, 0) is 37.9 Å². The Labute approximate surface area is 132 Å². The number of carbonyl (C=O) groups is 1. The van der Waals surface area contributed by atoms with Gasteiger partial charge in [0, 0.05) is 5.69 Å². The lowest BCUT2D eigenvalue weighted by Crippen LogP contribution is -2.32. The van der Waals surface area contributed by atoms with E-state index in [0.717, 1.165) is 17.7 Å². The van der Waals surface area contributed by atoms with E-state index in [1.54, 1.807) is 31.1 Å². The SMILES string of the molecule is CN(C)C(C(=O)Nc1cccc(C(F)(F)F)c1)c1ccccc1. The van der Waals surface area contributed by atoms with Crippen LogP contribution in [-0.2, 0) is 11.0 Å². The van der Waals surface area contributed by atoms with E-state index < -0.39 is 17.8 Å². The van der Waals surface area contributed by atoms with Crippen LogP contribution in [0.4, 0.5) is 18.9 Å². The number of hydrogen-bond donors (Lipinski definition) is 1. The minimum absolute atomic E-state index is 0.118. The van der Waals surface area contributed by atoms with Crippen molar-refractivity contribution in [1.82, 2.24) is 4.90 Å². The molecule has 1 N–H and O–H groups in total. The minimum atomic E-state index is -4.44. The van der Waals surface area contributed by atoms with E-state index in [0.29, 0.717) is 0 Å². The van der Waals surface area contributed by atoms with Crippen LogP contribution in [0.5, 0.6) is 0 Å². The fourth-order valence-corrected chi connectivity index (χ4v) is 2.30.